The van der Waals surface area contributed by atoms with Crippen LogP contribution in [0.15, 0.2) is 79.0 Å². The predicted octanol–water partition coefficient (Wildman–Crippen LogP) is 5.61. The normalized spacial score (nSPS) is 18.1. The van der Waals surface area contributed by atoms with Crippen molar-refractivity contribution in [3.63, 3.8) is 0 Å². The first-order valence-electron chi connectivity index (χ1n) is 12.4. The van der Waals surface area contributed by atoms with Gasteiger partial charge in [0.15, 0.2) is 0 Å². The van der Waals surface area contributed by atoms with E-state index in [0.717, 1.165) is 33.5 Å². The molecule has 0 radical (unpaired) electrons. The quantitative estimate of drug-likeness (QED) is 0.295. The van der Waals surface area contributed by atoms with Gasteiger partial charge in [-0.3, -0.25) is 0 Å². The number of nitrogens with zero attached hydrogens (tertiary/aromatic N) is 2. The fourth-order valence-corrected chi connectivity index (χ4v) is 5.18. The minimum absolute atomic E-state index is 0.182. The highest BCUT2D eigenvalue weighted by molar-refractivity contribution is 5.94. The van der Waals surface area contributed by atoms with Crippen molar-refractivity contribution in [2.24, 2.45) is 0 Å². The molecule has 188 valence electrons. The van der Waals surface area contributed by atoms with Gasteiger partial charge in [0.05, 0.1) is 29.2 Å². The topological polar surface area (TPSA) is 113 Å². The van der Waals surface area contributed by atoms with Crippen LogP contribution in [0.2, 0.25) is 0 Å². The van der Waals surface area contributed by atoms with Gasteiger partial charge in [0.25, 0.3) is 0 Å². The van der Waals surface area contributed by atoms with E-state index in [0.29, 0.717) is 23.6 Å². The summed E-state index contributed by atoms with van der Waals surface area (Å²) in [5.74, 6) is 0.439. The summed E-state index contributed by atoms with van der Waals surface area (Å²) in [5.41, 5.74) is 12.2. The molecular formula is C30H31N5O2. The highest BCUT2D eigenvalue weighted by Crippen LogP contribution is 2.41. The lowest BCUT2D eigenvalue weighted by atomic mass is 9.70. The maximum absolute atomic E-state index is 13.3. The Bertz CT molecular complexity index is 1430. The van der Waals surface area contributed by atoms with Crippen LogP contribution < -0.4 is 16.4 Å². The Kier molecular flexibility index (Phi) is 6.39. The van der Waals surface area contributed by atoms with E-state index in [1.165, 1.54) is 0 Å². The van der Waals surface area contributed by atoms with Crippen molar-refractivity contribution in [3.05, 3.63) is 95.7 Å². The Hall–Kier alpha value is -4.23. The average Bonchev–Trinajstić information content (AvgIpc) is 2.88. The highest BCUT2D eigenvalue weighted by Gasteiger charge is 2.39. The molecule has 0 fully saturated rings. The third-order valence-corrected chi connectivity index (χ3v) is 6.98. The number of urea groups is 1. The number of fused-ring (bicyclic) bond motifs is 1. The zero-order valence-electron chi connectivity index (χ0n) is 21.2. The summed E-state index contributed by atoms with van der Waals surface area (Å²) in [5, 5.41) is 17.0. The molecule has 0 spiro atoms. The number of aromatic nitrogens is 2. The summed E-state index contributed by atoms with van der Waals surface area (Å²) in [4.78, 5) is 22.4. The van der Waals surface area contributed by atoms with Gasteiger partial charge in [-0.1, -0.05) is 68.4 Å². The predicted molar refractivity (Wildman–Crippen MR) is 147 cm³/mol. The van der Waals surface area contributed by atoms with Gasteiger partial charge in [-0.15, -0.1) is 0 Å². The number of nitrogens with two attached hydrogens (primary N) is 1. The van der Waals surface area contributed by atoms with E-state index in [1.54, 1.807) is 12.3 Å². The Morgan fingerprint density at radius 1 is 1.00 bits per heavy atom. The SMILES string of the molecule is Cc1cc(NC(=O)N[C@@H]2c3ccccc3C(C)(C)C[C@H]2O)c(-c2ccccc2)nc1-c1ccc(N)nc1. The molecule has 7 nitrogen and oxygen atoms in total. The van der Waals surface area contributed by atoms with E-state index < -0.39 is 18.2 Å². The number of hydrogen-bond acceptors (Lipinski definition) is 5. The van der Waals surface area contributed by atoms with Crippen LogP contribution in [0.25, 0.3) is 22.5 Å². The summed E-state index contributed by atoms with van der Waals surface area (Å²) >= 11 is 0. The Morgan fingerprint density at radius 2 is 1.73 bits per heavy atom. The number of anilines is 2. The van der Waals surface area contributed by atoms with Crippen molar-refractivity contribution in [2.75, 3.05) is 11.1 Å². The molecule has 0 aliphatic heterocycles. The number of carbonyl (C=O) groups is 1. The zero-order valence-corrected chi connectivity index (χ0v) is 21.2. The van der Waals surface area contributed by atoms with Gasteiger partial charge in [-0.25, -0.2) is 14.8 Å². The summed E-state index contributed by atoms with van der Waals surface area (Å²) < 4.78 is 0. The molecule has 2 heterocycles. The number of amides is 2. The van der Waals surface area contributed by atoms with Crippen molar-refractivity contribution in [1.82, 2.24) is 15.3 Å². The number of aryl methyl sites for hydroxylation is 1. The molecule has 0 saturated heterocycles. The molecule has 5 rings (SSSR count). The van der Waals surface area contributed by atoms with Crippen molar-refractivity contribution < 1.29 is 9.90 Å². The van der Waals surface area contributed by atoms with Gasteiger partial charge >= 0.3 is 6.03 Å². The summed E-state index contributed by atoms with van der Waals surface area (Å²) in [6.45, 7) is 6.17. The molecule has 0 unspecified atom stereocenters. The first-order chi connectivity index (χ1) is 17.7. The molecule has 37 heavy (non-hydrogen) atoms. The lowest BCUT2D eigenvalue weighted by Crippen LogP contribution is -2.45. The van der Waals surface area contributed by atoms with Gasteiger partial charge in [-0.05, 0) is 53.6 Å². The van der Waals surface area contributed by atoms with Crippen molar-refractivity contribution in [3.8, 4) is 22.5 Å². The number of aliphatic hydroxyl groups is 1. The molecule has 7 heteroatoms. The zero-order chi connectivity index (χ0) is 26.2. The minimum atomic E-state index is -0.704. The standard InChI is InChI=1S/C30H31N5O2/c1-18-15-23(27(19-9-5-4-6-10-19)34-26(18)20-13-14-25(31)32-17-20)33-29(37)35-28-21-11-7-8-12-22(21)30(2,3)16-24(28)36/h4-15,17,24,28,36H,16H2,1-3H3,(H2,31,32)(H2,33,35,37)/t24-,28-/m1/s1. The number of carbonyl (C=O) groups excluding carboxylic acids is 1. The van der Waals surface area contributed by atoms with E-state index >= 15 is 0 Å². The molecule has 1 aliphatic rings. The van der Waals surface area contributed by atoms with E-state index in [4.69, 9.17) is 10.7 Å². The van der Waals surface area contributed by atoms with Gasteiger partial charge in [0, 0.05) is 17.3 Å². The van der Waals surface area contributed by atoms with Crippen LogP contribution in [0.1, 0.15) is 43.0 Å². The summed E-state index contributed by atoms with van der Waals surface area (Å²) in [6.07, 6.45) is 1.54. The number of benzene rings is 2. The number of hydrogen-bond donors (Lipinski definition) is 4. The minimum Gasteiger partial charge on any atom is -0.391 e. The Labute approximate surface area is 216 Å². The van der Waals surface area contributed by atoms with Crippen LogP contribution in [0.5, 0.6) is 0 Å². The van der Waals surface area contributed by atoms with E-state index in [9.17, 15) is 9.90 Å². The molecule has 2 aromatic carbocycles. The van der Waals surface area contributed by atoms with Crippen molar-refractivity contribution >= 4 is 17.5 Å². The molecule has 5 N–H and O–H groups in total. The maximum atomic E-state index is 13.3. The molecule has 2 atom stereocenters. The van der Waals surface area contributed by atoms with Crippen LogP contribution in [0.3, 0.4) is 0 Å². The Morgan fingerprint density at radius 3 is 2.46 bits per heavy atom. The van der Waals surface area contributed by atoms with E-state index in [1.807, 2.05) is 67.6 Å². The third kappa shape index (κ3) is 4.90. The molecule has 0 saturated carbocycles. The van der Waals surface area contributed by atoms with Crippen LogP contribution >= 0.6 is 0 Å². The lowest BCUT2D eigenvalue weighted by molar-refractivity contribution is 0.0883. The molecule has 2 aromatic heterocycles. The Balaban J connectivity index is 1.48. The third-order valence-electron chi connectivity index (χ3n) is 6.98. The second kappa shape index (κ2) is 9.67. The van der Waals surface area contributed by atoms with Crippen LogP contribution in [0.4, 0.5) is 16.3 Å². The fourth-order valence-electron chi connectivity index (χ4n) is 5.18. The summed E-state index contributed by atoms with van der Waals surface area (Å²) in [7, 11) is 0. The molecular weight excluding hydrogens is 462 g/mol. The van der Waals surface area contributed by atoms with Gasteiger partial charge in [-0.2, -0.15) is 0 Å². The smallest absolute Gasteiger partial charge is 0.319 e. The first kappa shape index (κ1) is 24.5. The second-order valence-electron chi connectivity index (χ2n) is 10.2. The second-order valence-corrected chi connectivity index (χ2v) is 10.2. The largest absolute Gasteiger partial charge is 0.391 e. The summed E-state index contributed by atoms with van der Waals surface area (Å²) in [6, 6.07) is 22.3. The van der Waals surface area contributed by atoms with Crippen LogP contribution in [-0.2, 0) is 5.41 Å². The van der Waals surface area contributed by atoms with E-state index in [-0.39, 0.29) is 5.41 Å². The number of nitrogens with one attached hydrogen (secondary N) is 2. The lowest BCUT2D eigenvalue weighted by Gasteiger charge is -2.40. The van der Waals surface area contributed by atoms with Crippen LogP contribution in [0, 0.1) is 6.92 Å². The number of pyridine rings is 2. The molecule has 1 aliphatic carbocycles. The highest BCUT2D eigenvalue weighted by atomic mass is 16.3. The van der Waals surface area contributed by atoms with Crippen LogP contribution in [-0.4, -0.2) is 27.2 Å². The number of rotatable bonds is 4. The fraction of sp³-hybridized carbons (Fsp3) is 0.233. The number of nitrogen functional groups attached to an aromatic ring is 1. The van der Waals surface area contributed by atoms with Crippen molar-refractivity contribution in [2.45, 2.75) is 44.8 Å². The molecule has 4 aromatic rings. The maximum Gasteiger partial charge on any atom is 0.319 e. The van der Waals surface area contributed by atoms with Gasteiger partial charge in [0.1, 0.15) is 5.82 Å². The van der Waals surface area contributed by atoms with Crippen molar-refractivity contribution in [1.29, 1.82) is 0 Å². The van der Waals surface area contributed by atoms with Gasteiger partial charge in [0.2, 0.25) is 0 Å². The molecule has 2 amide bonds. The monoisotopic (exact) mass is 493 g/mol. The molecule has 0 bridgehead atoms. The van der Waals surface area contributed by atoms with E-state index in [2.05, 4.69) is 35.5 Å². The number of aliphatic hydroxyl groups excluding tert-OH is 1. The average molecular weight is 494 g/mol. The first-order valence-corrected chi connectivity index (χ1v) is 12.4. The van der Waals surface area contributed by atoms with Gasteiger partial charge < -0.3 is 21.5 Å².